The molecule has 0 amide bonds. The van der Waals surface area contributed by atoms with Crippen LogP contribution in [-0.2, 0) is 6.54 Å². The molecule has 1 aliphatic carbocycles. The lowest BCUT2D eigenvalue weighted by Crippen LogP contribution is -2.18. The van der Waals surface area contributed by atoms with Crippen LogP contribution >= 0.6 is 15.9 Å². The molecule has 1 fully saturated rings. The Balaban J connectivity index is 2.05. The van der Waals surface area contributed by atoms with E-state index in [1.54, 1.807) is 7.11 Å². The highest BCUT2D eigenvalue weighted by Gasteiger charge is 2.19. The monoisotopic (exact) mass is 244 g/mol. The third kappa shape index (κ3) is 1.88. The average Bonchev–Trinajstić information content (AvgIpc) is 2.39. The van der Waals surface area contributed by atoms with E-state index in [4.69, 9.17) is 4.74 Å². The van der Waals surface area contributed by atoms with Gasteiger partial charge in [0.2, 0.25) is 5.88 Å². The summed E-state index contributed by atoms with van der Waals surface area (Å²) in [5.41, 5.74) is 0. The second kappa shape index (κ2) is 3.70. The minimum absolute atomic E-state index is 0.686. The molecule has 0 spiro atoms. The quantitative estimate of drug-likeness (QED) is 0.817. The molecule has 0 bridgehead atoms. The largest absolute Gasteiger partial charge is 0.480 e. The summed E-state index contributed by atoms with van der Waals surface area (Å²) in [7, 11) is 1.64. The molecule has 2 rings (SSSR count). The van der Waals surface area contributed by atoms with Gasteiger partial charge in [-0.05, 0) is 34.7 Å². The molecule has 0 aromatic carbocycles. The van der Waals surface area contributed by atoms with Gasteiger partial charge < -0.3 is 4.74 Å². The molecule has 13 heavy (non-hydrogen) atoms. The number of rotatable bonds is 3. The van der Waals surface area contributed by atoms with Crippen LogP contribution < -0.4 is 4.74 Å². The van der Waals surface area contributed by atoms with Crippen LogP contribution in [0.5, 0.6) is 5.88 Å². The molecule has 72 valence electrons. The SMILES string of the molecule is COc1cc(Br)n(CC2CCC2)n1. The lowest BCUT2D eigenvalue weighted by Gasteiger charge is -2.25. The Labute approximate surface area is 86.2 Å². The Bertz CT molecular complexity index is 294. The molecule has 1 aromatic heterocycles. The van der Waals surface area contributed by atoms with Gasteiger partial charge in [0.05, 0.1) is 7.11 Å². The van der Waals surface area contributed by atoms with Crippen LogP contribution in [0.1, 0.15) is 19.3 Å². The lowest BCUT2D eigenvalue weighted by atomic mass is 9.85. The van der Waals surface area contributed by atoms with Crippen molar-refractivity contribution >= 4 is 15.9 Å². The Morgan fingerprint density at radius 2 is 2.46 bits per heavy atom. The number of aromatic nitrogens is 2. The first-order chi connectivity index (χ1) is 6.29. The fourth-order valence-electron chi connectivity index (χ4n) is 1.52. The molecule has 1 aliphatic rings. The van der Waals surface area contributed by atoms with Gasteiger partial charge in [-0.1, -0.05) is 6.42 Å². The number of methoxy groups -OCH3 is 1. The number of hydrogen-bond donors (Lipinski definition) is 0. The van der Waals surface area contributed by atoms with Gasteiger partial charge in [-0.25, -0.2) is 0 Å². The zero-order valence-electron chi connectivity index (χ0n) is 7.66. The molecule has 3 nitrogen and oxygen atoms in total. The minimum atomic E-state index is 0.686. The van der Waals surface area contributed by atoms with Gasteiger partial charge in [0, 0.05) is 12.6 Å². The predicted octanol–water partition coefficient (Wildman–Crippen LogP) is 2.45. The summed E-state index contributed by atoms with van der Waals surface area (Å²) in [4.78, 5) is 0. The number of ether oxygens (including phenoxy) is 1. The van der Waals surface area contributed by atoms with Gasteiger partial charge >= 0.3 is 0 Å². The van der Waals surface area contributed by atoms with Crippen molar-refractivity contribution in [1.29, 1.82) is 0 Å². The molecule has 0 aliphatic heterocycles. The zero-order chi connectivity index (χ0) is 9.26. The van der Waals surface area contributed by atoms with E-state index in [0.29, 0.717) is 5.88 Å². The Morgan fingerprint density at radius 1 is 1.69 bits per heavy atom. The van der Waals surface area contributed by atoms with E-state index in [0.717, 1.165) is 17.1 Å². The molecule has 4 heteroatoms. The summed E-state index contributed by atoms with van der Waals surface area (Å²) in [5.74, 6) is 1.51. The Morgan fingerprint density at radius 3 is 2.92 bits per heavy atom. The van der Waals surface area contributed by atoms with Gasteiger partial charge in [-0.15, -0.1) is 5.10 Å². The maximum absolute atomic E-state index is 5.05. The van der Waals surface area contributed by atoms with E-state index in [2.05, 4.69) is 21.0 Å². The molecule has 0 radical (unpaired) electrons. The fourth-order valence-corrected chi connectivity index (χ4v) is 1.94. The van der Waals surface area contributed by atoms with Crippen molar-refractivity contribution < 1.29 is 4.74 Å². The third-order valence-electron chi connectivity index (χ3n) is 2.57. The van der Waals surface area contributed by atoms with Crippen molar-refractivity contribution in [1.82, 2.24) is 9.78 Å². The predicted molar refractivity (Wildman–Crippen MR) is 53.8 cm³/mol. The van der Waals surface area contributed by atoms with Crippen molar-refractivity contribution in [3.8, 4) is 5.88 Å². The van der Waals surface area contributed by atoms with Crippen LogP contribution in [0.4, 0.5) is 0 Å². The van der Waals surface area contributed by atoms with Crippen LogP contribution in [0.25, 0.3) is 0 Å². The maximum Gasteiger partial charge on any atom is 0.233 e. The van der Waals surface area contributed by atoms with Gasteiger partial charge in [0.15, 0.2) is 0 Å². The number of nitrogens with zero attached hydrogens (tertiary/aromatic N) is 2. The third-order valence-corrected chi connectivity index (χ3v) is 3.21. The molecule has 1 heterocycles. The minimum Gasteiger partial charge on any atom is -0.480 e. The second-order valence-electron chi connectivity index (χ2n) is 3.49. The molecular weight excluding hydrogens is 232 g/mol. The summed E-state index contributed by atoms with van der Waals surface area (Å²) in [6, 6.07) is 1.90. The molecule has 0 unspecified atom stereocenters. The highest BCUT2D eigenvalue weighted by molar-refractivity contribution is 9.10. The van der Waals surface area contributed by atoms with Gasteiger partial charge in [0.1, 0.15) is 4.60 Å². The summed E-state index contributed by atoms with van der Waals surface area (Å²) in [6.07, 6.45) is 4.06. The molecule has 1 aromatic rings. The van der Waals surface area contributed by atoms with Gasteiger partial charge in [-0.2, -0.15) is 0 Å². The summed E-state index contributed by atoms with van der Waals surface area (Å²) < 4.78 is 8.03. The van der Waals surface area contributed by atoms with Gasteiger partial charge in [-0.3, -0.25) is 4.68 Å². The van der Waals surface area contributed by atoms with Crippen LogP contribution in [0.3, 0.4) is 0 Å². The smallest absolute Gasteiger partial charge is 0.233 e. The van der Waals surface area contributed by atoms with E-state index in [1.165, 1.54) is 19.3 Å². The van der Waals surface area contributed by atoms with Crippen LogP contribution in [-0.4, -0.2) is 16.9 Å². The van der Waals surface area contributed by atoms with Crippen molar-refractivity contribution in [3.63, 3.8) is 0 Å². The van der Waals surface area contributed by atoms with Crippen molar-refractivity contribution in [2.75, 3.05) is 7.11 Å². The molecular formula is C9H13BrN2O. The highest BCUT2D eigenvalue weighted by atomic mass is 79.9. The maximum atomic E-state index is 5.05. The Kier molecular flexibility index (Phi) is 2.58. The first-order valence-electron chi connectivity index (χ1n) is 4.57. The topological polar surface area (TPSA) is 27.1 Å². The van der Waals surface area contributed by atoms with Gasteiger partial charge in [0.25, 0.3) is 0 Å². The van der Waals surface area contributed by atoms with Crippen LogP contribution in [0.15, 0.2) is 10.7 Å². The van der Waals surface area contributed by atoms with Crippen molar-refractivity contribution in [2.24, 2.45) is 5.92 Å². The normalized spacial score (nSPS) is 17.1. The first-order valence-corrected chi connectivity index (χ1v) is 5.36. The standard InChI is InChI=1S/C9H13BrN2O/c1-13-9-5-8(10)12(11-9)6-7-3-2-4-7/h5,7H,2-4,6H2,1H3. The number of hydrogen-bond acceptors (Lipinski definition) is 2. The molecule has 0 N–H and O–H groups in total. The molecule has 0 atom stereocenters. The molecule has 1 saturated carbocycles. The summed E-state index contributed by atoms with van der Waals surface area (Å²) >= 11 is 3.46. The van der Waals surface area contributed by atoms with Crippen molar-refractivity contribution in [2.45, 2.75) is 25.8 Å². The summed E-state index contributed by atoms with van der Waals surface area (Å²) in [5, 5.41) is 4.30. The van der Waals surface area contributed by atoms with E-state index in [9.17, 15) is 0 Å². The van der Waals surface area contributed by atoms with Crippen molar-refractivity contribution in [3.05, 3.63) is 10.7 Å². The van der Waals surface area contributed by atoms with E-state index in [1.807, 2.05) is 10.7 Å². The van der Waals surface area contributed by atoms with Crippen LogP contribution in [0.2, 0.25) is 0 Å². The Hall–Kier alpha value is -0.510. The zero-order valence-corrected chi connectivity index (χ0v) is 9.25. The lowest BCUT2D eigenvalue weighted by molar-refractivity contribution is 0.261. The average molecular weight is 245 g/mol. The first kappa shape index (κ1) is 9.06. The summed E-state index contributed by atoms with van der Waals surface area (Å²) in [6.45, 7) is 1.02. The highest BCUT2D eigenvalue weighted by Crippen LogP contribution is 2.29. The van der Waals surface area contributed by atoms with Crippen LogP contribution in [0, 0.1) is 5.92 Å². The van der Waals surface area contributed by atoms with E-state index in [-0.39, 0.29) is 0 Å². The van der Waals surface area contributed by atoms with E-state index >= 15 is 0 Å². The molecule has 0 saturated heterocycles. The fraction of sp³-hybridized carbons (Fsp3) is 0.667. The second-order valence-corrected chi connectivity index (χ2v) is 4.30. The van der Waals surface area contributed by atoms with E-state index < -0.39 is 0 Å². The number of halogens is 1.